The molecule has 1 heterocycles. The Morgan fingerprint density at radius 3 is 3.06 bits per heavy atom. The molecule has 1 aromatic heterocycles. The average Bonchev–Trinajstić information content (AvgIpc) is 2.27. The van der Waals surface area contributed by atoms with Gasteiger partial charge in [0.1, 0.15) is 5.75 Å². The van der Waals surface area contributed by atoms with E-state index in [0.717, 1.165) is 0 Å². The first-order valence-corrected chi connectivity index (χ1v) is 4.74. The van der Waals surface area contributed by atoms with Crippen LogP contribution in [0.25, 0.3) is 0 Å². The zero-order valence-corrected chi connectivity index (χ0v) is 8.88. The summed E-state index contributed by atoms with van der Waals surface area (Å²) in [5.74, 6) is -0.727. The number of methoxy groups -OCH3 is 1. The van der Waals surface area contributed by atoms with Crippen molar-refractivity contribution in [2.45, 2.75) is 6.10 Å². The van der Waals surface area contributed by atoms with Gasteiger partial charge in [0.25, 0.3) is 5.91 Å². The molecule has 0 fully saturated rings. The van der Waals surface area contributed by atoms with Crippen molar-refractivity contribution in [3.05, 3.63) is 24.0 Å². The van der Waals surface area contributed by atoms with Gasteiger partial charge in [-0.15, -0.1) is 0 Å². The normalized spacial score (nSPS) is 12.1. The molecule has 0 saturated carbocycles. The molecule has 0 aliphatic rings. The van der Waals surface area contributed by atoms with Crippen molar-refractivity contribution in [2.75, 3.05) is 20.3 Å². The number of nitrogens with one attached hydrogen (secondary N) is 1. The third kappa shape index (κ3) is 3.48. The summed E-state index contributed by atoms with van der Waals surface area (Å²) in [5, 5.41) is 21.1. The molecule has 1 aromatic rings. The molecule has 0 spiro atoms. The van der Waals surface area contributed by atoms with Crippen molar-refractivity contribution in [3.63, 3.8) is 0 Å². The van der Waals surface area contributed by atoms with E-state index in [1.807, 2.05) is 0 Å². The van der Waals surface area contributed by atoms with Crippen molar-refractivity contribution in [3.8, 4) is 5.75 Å². The molecule has 1 unspecified atom stereocenters. The van der Waals surface area contributed by atoms with Gasteiger partial charge in [-0.1, -0.05) is 0 Å². The fourth-order valence-electron chi connectivity index (χ4n) is 1.12. The van der Waals surface area contributed by atoms with Crippen LogP contribution in [-0.2, 0) is 4.74 Å². The highest BCUT2D eigenvalue weighted by atomic mass is 16.5. The second kappa shape index (κ2) is 6.04. The van der Waals surface area contributed by atoms with Crippen LogP contribution in [-0.4, -0.2) is 47.5 Å². The van der Waals surface area contributed by atoms with Crippen molar-refractivity contribution in [1.82, 2.24) is 10.3 Å². The molecule has 0 aromatic carbocycles. The van der Waals surface area contributed by atoms with E-state index in [0.29, 0.717) is 0 Å². The first-order valence-electron chi connectivity index (χ1n) is 4.74. The van der Waals surface area contributed by atoms with Crippen molar-refractivity contribution < 1.29 is 19.7 Å². The van der Waals surface area contributed by atoms with Crippen LogP contribution in [0.1, 0.15) is 10.5 Å². The summed E-state index contributed by atoms with van der Waals surface area (Å²) in [7, 11) is 1.45. The molecule has 0 saturated heterocycles. The van der Waals surface area contributed by atoms with Gasteiger partial charge in [0.05, 0.1) is 12.7 Å². The predicted molar refractivity (Wildman–Crippen MR) is 56.1 cm³/mol. The number of amides is 1. The summed E-state index contributed by atoms with van der Waals surface area (Å²) in [4.78, 5) is 15.2. The minimum absolute atomic E-state index is 0.0443. The monoisotopic (exact) mass is 226 g/mol. The molecule has 6 heteroatoms. The second-order valence-corrected chi connectivity index (χ2v) is 3.19. The summed E-state index contributed by atoms with van der Waals surface area (Å²) in [6.07, 6.45) is 0.625. The number of ether oxygens (including phenoxy) is 1. The maximum absolute atomic E-state index is 11.5. The summed E-state index contributed by atoms with van der Waals surface area (Å²) in [5.41, 5.74) is -0.0629. The fraction of sp³-hybridized carbons (Fsp3) is 0.400. The lowest BCUT2D eigenvalue weighted by Crippen LogP contribution is -2.34. The number of aliphatic hydroxyl groups excluding tert-OH is 1. The molecular weight excluding hydrogens is 212 g/mol. The van der Waals surface area contributed by atoms with Gasteiger partial charge in [-0.3, -0.25) is 4.79 Å². The second-order valence-electron chi connectivity index (χ2n) is 3.19. The number of carbonyl (C=O) groups excluding carboxylic acids is 1. The minimum Gasteiger partial charge on any atom is -0.505 e. The first-order chi connectivity index (χ1) is 7.65. The maximum atomic E-state index is 11.5. The van der Waals surface area contributed by atoms with Crippen LogP contribution in [0.3, 0.4) is 0 Å². The van der Waals surface area contributed by atoms with Crippen LogP contribution >= 0.6 is 0 Å². The fourth-order valence-corrected chi connectivity index (χ4v) is 1.12. The zero-order valence-electron chi connectivity index (χ0n) is 8.88. The van der Waals surface area contributed by atoms with E-state index in [9.17, 15) is 15.0 Å². The van der Waals surface area contributed by atoms with Gasteiger partial charge in [-0.2, -0.15) is 0 Å². The smallest absolute Gasteiger partial charge is 0.273 e. The van der Waals surface area contributed by atoms with Crippen LogP contribution in [0.2, 0.25) is 0 Å². The lowest BCUT2D eigenvalue weighted by molar-refractivity contribution is 0.0608. The Labute approximate surface area is 92.9 Å². The SMILES string of the molecule is COCC(O)CNC(=O)c1ncccc1O. The highest BCUT2D eigenvalue weighted by molar-refractivity contribution is 5.94. The van der Waals surface area contributed by atoms with Gasteiger partial charge in [-0.25, -0.2) is 4.98 Å². The minimum atomic E-state index is -0.778. The first kappa shape index (κ1) is 12.4. The van der Waals surface area contributed by atoms with Crippen LogP contribution in [0, 0.1) is 0 Å². The Morgan fingerprint density at radius 2 is 2.44 bits per heavy atom. The molecule has 0 aliphatic carbocycles. The lowest BCUT2D eigenvalue weighted by Gasteiger charge is -2.10. The van der Waals surface area contributed by atoms with Crippen LogP contribution in [0.4, 0.5) is 0 Å². The van der Waals surface area contributed by atoms with Crippen molar-refractivity contribution in [2.24, 2.45) is 0 Å². The number of rotatable bonds is 5. The number of carbonyl (C=O) groups is 1. The van der Waals surface area contributed by atoms with Crippen LogP contribution < -0.4 is 5.32 Å². The molecule has 1 atom stereocenters. The van der Waals surface area contributed by atoms with Crippen molar-refractivity contribution >= 4 is 5.91 Å². The topological polar surface area (TPSA) is 91.7 Å². The van der Waals surface area contributed by atoms with Gasteiger partial charge in [0, 0.05) is 19.9 Å². The van der Waals surface area contributed by atoms with Gasteiger partial charge >= 0.3 is 0 Å². The molecule has 0 radical (unpaired) electrons. The number of nitrogens with zero attached hydrogens (tertiary/aromatic N) is 1. The molecule has 1 amide bonds. The molecule has 3 N–H and O–H groups in total. The molecule has 1 rings (SSSR count). The average molecular weight is 226 g/mol. The Bertz CT molecular complexity index is 356. The van der Waals surface area contributed by atoms with E-state index in [1.54, 1.807) is 0 Å². The van der Waals surface area contributed by atoms with E-state index in [1.165, 1.54) is 25.4 Å². The van der Waals surface area contributed by atoms with E-state index in [4.69, 9.17) is 4.74 Å². The number of hydrogen-bond acceptors (Lipinski definition) is 5. The molecule has 0 bridgehead atoms. The quantitative estimate of drug-likeness (QED) is 0.631. The molecule has 16 heavy (non-hydrogen) atoms. The number of aromatic nitrogens is 1. The molecule has 88 valence electrons. The Morgan fingerprint density at radius 1 is 1.69 bits per heavy atom. The van der Waals surface area contributed by atoms with Crippen LogP contribution in [0.15, 0.2) is 18.3 Å². The van der Waals surface area contributed by atoms with Crippen molar-refractivity contribution in [1.29, 1.82) is 0 Å². The Kier molecular flexibility index (Phi) is 4.68. The summed E-state index contributed by atoms with van der Waals surface area (Å²) >= 11 is 0. The van der Waals surface area contributed by atoms with Gasteiger partial charge in [0.2, 0.25) is 0 Å². The van der Waals surface area contributed by atoms with E-state index in [-0.39, 0.29) is 24.6 Å². The highest BCUT2D eigenvalue weighted by Crippen LogP contribution is 2.11. The van der Waals surface area contributed by atoms with Gasteiger partial charge < -0.3 is 20.3 Å². The third-order valence-electron chi connectivity index (χ3n) is 1.86. The summed E-state index contributed by atoms with van der Waals surface area (Å²) < 4.78 is 4.70. The van der Waals surface area contributed by atoms with Gasteiger partial charge in [0.15, 0.2) is 5.69 Å². The molecular formula is C10H14N2O4. The highest BCUT2D eigenvalue weighted by Gasteiger charge is 2.13. The Balaban J connectivity index is 2.50. The lowest BCUT2D eigenvalue weighted by atomic mass is 10.3. The number of aliphatic hydroxyl groups is 1. The molecule has 6 nitrogen and oxygen atoms in total. The van der Waals surface area contributed by atoms with E-state index >= 15 is 0 Å². The van der Waals surface area contributed by atoms with E-state index < -0.39 is 12.0 Å². The predicted octanol–water partition coefficient (Wildman–Crippen LogP) is -0.476. The summed E-state index contributed by atoms with van der Waals surface area (Å²) in [6.45, 7) is 0.178. The number of aromatic hydroxyl groups is 1. The standard InChI is InChI=1S/C10H14N2O4/c1-16-6-7(13)5-12-10(15)9-8(14)3-2-4-11-9/h2-4,7,13-14H,5-6H2,1H3,(H,12,15). The third-order valence-corrected chi connectivity index (χ3v) is 1.86. The zero-order chi connectivity index (χ0) is 12.0. The largest absolute Gasteiger partial charge is 0.505 e. The Hall–Kier alpha value is -1.66. The number of pyridine rings is 1. The number of hydrogen-bond donors (Lipinski definition) is 3. The van der Waals surface area contributed by atoms with E-state index in [2.05, 4.69) is 10.3 Å². The molecule has 0 aliphatic heterocycles. The summed E-state index contributed by atoms with van der Waals surface area (Å²) in [6, 6.07) is 2.89. The van der Waals surface area contributed by atoms with Crippen LogP contribution in [0.5, 0.6) is 5.75 Å². The maximum Gasteiger partial charge on any atom is 0.273 e. The van der Waals surface area contributed by atoms with Gasteiger partial charge in [-0.05, 0) is 12.1 Å².